The van der Waals surface area contributed by atoms with Gasteiger partial charge in [0.25, 0.3) is 0 Å². The molecule has 1 aromatic heterocycles. The quantitative estimate of drug-likeness (QED) is 0.581. The van der Waals surface area contributed by atoms with E-state index in [1.54, 1.807) is 24.2 Å². The van der Waals surface area contributed by atoms with Crippen LogP contribution in [0.1, 0.15) is 0 Å². The molecule has 1 aromatic rings. The minimum absolute atomic E-state index is 0.201. The summed E-state index contributed by atoms with van der Waals surface area (Å²) in [5.74, 6) is 1.13. The van der Waals surface area contributed by atoms with Crippen LogP contribution in [0.25, 0.3) is 0 Å². The van der Waals surface area contributed by atoms with E-state index in [1.807, 2.05) is 12.1 Å². The second-order valence-electron chi connectivity index (χ2n) is 3.41. The number of hydrogen-bond acceptors (Lipinski definition) is 5. The van der Waals surface area contributed by atoms with E-state index in [1.165, 1.54) is 11.2 Å². The second kappa shape index (κ2) is 6.88. The van der Waals surface area contributed by atoms with Gasteiger partial charge in [0.1, 0.15) is 9.84 Å². The van der Waals surface area contributed by atoms with Gasteiger partial charge in [-0.1, -0.05) is 0 Å². The van der Waals surface area contributed by atoms with Gasteiger partial charge in [0.05, 0.1) is 5.75 Å². The fourth-order valence-corrected chi connectivity index (χ4v) is 2.37. The highest BCUT2D eigenvalue weighted by atomic mass is 32.2. The molecule has 6 heteroatoms. The number of pyridine rings is 1. The summed E-state index contributed by atoms with van der Waals surface area (Å²) >= 11 is 1.73. The average Bonchev–Trinajstić information content (AvgIpc) is 2.23. The summed E-state index contributed by atoms with van der Waals surface area (Å²) < 4.78 is 21.7. The molecule has 0 radical (unpaired) electrons. The number of aromatic nitrogens is 1. The van der Waals surface area contributed by atoms with Gasteiger partial charge >= 0.3 is 0 Å². The van der Waals surface area contributed by atoms with Crippen LogP contribution in [0.2, 0.25) is 0 Å². The van der Waals surface area contributed by atoms with Crippen molar-refractivity contribution < 1.29 is 8.42 Å². The van der Waals surface area contributed by atoms with Crippen LogP contribution in [-0.2, 0) is 9.84 Å². The summed E-state index contributed by atoms with van der Waals surface area (Å²) in [6.45, 7) is 1.33. The Labute approximate surface area is 101 Å². The predicted molar refractivity (Wildman–Crippen MR) is 67.5 cm³/mol. The van der Waals surface area contributed by atoms with Crippen molar-refractivity contribution >= 4 is 21.6 Å². The minimum atomic E-state index is -2.84. The zero-order valence-corrected chi connectivity index (χ0v) is 10.9. The Morgan fingerprint density at radius 3 is 2.62 bits per heavy atom. The predicted octanol–water partition coefficient (Wildman–Crippen LogP) is 0.808. The fraction of sp³-hybridized carbons (Fsp3) is 0.500. The molecular weight excluding hydrogens is 244 g/mol. The third-order valence-corrected chi connectivity index (χ3v) is 3.81. The molecule has 1 heterocycles. The highest BCUT2D eigenvalue weighted by Crippen LogP contribution is 2.14. The van der Waals surface area contributed by atoms with Gasteiger partial charge in [0.15, 0.2) is 0 Å². The van der Waals surface area contributed by atoms with E-state index in [4.69, 9.17) is 0 Å². The van der Waals surface area contributed by atoms with Crippen LogP contribution in [0.15, 0.2) is 29.4 Å². The molecular formula is C10H16N2O2S2. The number of hydrogen-bond donors (Lipinski definition) is 1. The van der Waals surface area contributed by atoms with Crippen LogP contribution in [0.5, 0.6) is 0 Å². The lowest BCUT2D eigenvalue weighted by Gasteiger charge is -2.03. The van der Waals surface area contributed by atoms with E-state index in [2.05, 4.69) is 10.3 Å². The third kappa shape index (κ3) is 6.81. The molecule has 0 aliphatic rings. The maximum atomic E-state index is 10.8. The maximum absolute atomic E-state index is 10.8. The molecule has 0 amide bonds. The van der Waals surface area contributed by atoms with Gasteiger partial charge in [-0.15, -0.1) is 11.8 Å². The lowest BCUT2D eigenvalue weighted by molar-refractivity contribution is 0.598. The zero-order valence-electron chi connectivity index (χ0n) is 9.22. The van der Waals surface area contributed by atoms with Crippen molar-refractivity contribution in [3.63, 3.8) is 0 Å². The molecule has 90 valence electrons. The van der Waals surface area contributed by atoms with Crippen molar-refractivity contribution in [2.45, 2.75) is 4.90 Å². The molecule has 0 saturated heterocycles. The molecule has 0 saturated carbocycles. The Kier molecular flexibility index (Phi) is 5.79. The Morgan fingerprint density at radius 2 is 2.00 bits per heavy atom. The summed E-state index contributed by atoms with van der Waals surface area (Å²) in [4.78, 5) is 5.11. The van der Waals surface area contributed by atoms with E-state index < -0.39 is 9.84 Å². The molecule has 0 aliphatic carbocycles. The highest BCUT2D eigenvalue weighted by molar-refractivity contribution is 7.99. The van der Waals surface area contributed by atoms with Gasteiger partial charge in [0.2, 0.25) is 0 Å². The summed E-state index contributed by atoms with van der Waals surface area (Å²) in [5.41, 5.74) is 0. The van der Waals surface area contributed by atoms with Crippen molar-refractivity contribution in [1.29, 1.82) is 0 Å². The van der Waals surface area contributed by atoms with Crippen molar-refractivity contribution in [3.05, 3.63) is 24.5 Å². The van der Waals surface area contributed by atoms with Gasteiger partial charge in [0, 0.05) is 42.4 Å². The van der Waals surface area contributed by atoms with Crippen LogP contribution in [-0.4, -0.2) is 44.3 Å². The van der Waals surface area contributed by atoms with Gasteiger partial charge in [-0.3, -0.25) is 4.98 Å². The minimum Gasteiger partial charge on any atom is -0.315 e. The second-order valence-corrected chi connectivity index (χ2v) is 6.84. The number of sulfone groups is 1. The van der Waals surface area contributed by atoms with Gasteiger partial charge in [-0.05, 0) is 12.1 Å². The van der Waals surface area contributed by atoms with E-state index in [0.29, 0.717) is 6.54 Å². The highest BCUT2D eigenvalue weighted by Gasteiger charge is 2.00. The van der Waals surface area contributed by atoms with Crippen molar-refractivity contribution in [2.24, 2.45) is 0 Å². The average molecular weight is 260 g/mol. The first-order valence-electron chi connectivity index (χ1n) is 4.99. The maximum Gasteiger partial charge on any atom is 0.148 e. The molecule has 0 spiro atoms. The van der Waals surface area contributed by atoms with Gasteiger partial charge in [-0.25, -0.2) is 8.42 Å². The first kappa shape index (κ1) is 13.5. The monoisotopic (exact) mass is 260 g/mol. The summed E-state index contributed by atoms with van der Waals surface area (Å²) in [6, 6.07) is 3.92. The fourth-order valence-electron chi connectivity index (χ4n) is 1.06. The van der Waals surface area contributed by atoms with E-state index in [9.17, 15) is 8.42 Å². The van der Waals surface area contributed by atoms with Gasteiger partial charge in [-0.2, -0.15) is 0 Å². The first-order chi connectivity index (χ1) is 7.58. The van der Waals surface area contributed by atoms with Crippen LogP contribution >= 0.6 is 11.8 Å². The lowest BCUT2D eigenvalue weighted by Crippen LogP contribution is -2.24. The van der Waals surface area contributed by atoms with Crippen LogP contribution in [0, 0.1) is 0 Å². The number of thioether (sulfide) groups is 1. The largest absolute Gasteiger partial charge is 0.315 e. The standard InChI is InChI=1S/C10H16N2O2S2/c1-16(13,14)9-7-12-6-8-15-10-2-4-11-5-3-10/h2-5,12H,6-9H2,1H3. The Morgan fingerprint density at radius 1 is 1.31 bits per heavy atom. The molecule has 0 aliphatic heterocycles. The Balaban J connectivity index is 2.05. The topological polar surface area (TPSA) is 59.1 Å². The molecule has 0 bridgehead atoms. The summed E-state index contributed by atoms with van der Waals surface area (Å²) in [6.07, 6.45) is 4.78. The summed E-state index contributed by atoms with van der Waals surface area (Å²) in [5, 5.41) is 3.10. The zero-order chi connectivity index (χ0) is 11.9. The first-order valence-corrected chi connectivity index (χ1v) is 8.04. The molecule has 1 rings (SSSR count). The van der Waals surface area contributed by atoms with Crippen LogP contribution in [0.3, 0.4) is 0 Å². The van der Waals surface area contributed by atoms with E-state index in [0.717, 1.165) is 12.3 Å². The van der Waals surface area contributed by atoms with Crippen molar-refractivity contribution in [2.75, 3.05) is 30.9 Å². The Bertz CT molecular complexity index is 393. The van der Waals surface area contributed by atoms with E-state index in [-0.39, 0.29) is 5.75 Å². The van der Waals surface area contributed by atoms with E-state index >= 15 is 0 Å². The molecule has 0 aromatic carbocycles. The third-order valence-electron chi connectivity index (χ3n) is 1.85. The number of nitrogens with one attached hydrogen (secondary N) is 1. The molecule has 4 nitrogen and oxygen atoms in total. The number of nitrogens with zero attached hydrogens (tertiary/aromatic N) is 1. The van der Waals surface area contributed by atoms with Crippen molar-refractivity contribution in [3.8, 4) is 0 Å². The van der Waals surface area contributed by atoms with Crippen LogP contribution < -0.4 is 5.32 Å². The lowest BCUT2D eigenvalue weighted by atomic mass is 10.5. The smallest absolute Gasteiger partial charge is 0.148 e. The summed E-state index contributed by atoms with van der Waals surface area (Å²) in [7, 11) is -2.84. The molecule has 0 fully saturated rings. The normalized spacial score (nSPS) is 11.6. The molecule has 16 heavy (non-hydrogen) atoms. The van der Waals surface area contributed by atoms with Crippen molar-refractivity contribution in [1.82, 2.24) is 10.3 Å². The van der Waals surface area contributed by atoms with Crippen LogP contribution in [0.4, 0.5) is 0 Å². The van der Waals surface area contributed by atoms with Gasteiger partial charge < -0.3 is 5.32 Å². The SMILES string of the molecule is CS(=O)(=O)CCNCCSc1ccncc1. The molecule has 0 unspecified atom stereocenters. The molecule has 0 atom stereocenters. The number of rotatable bonds is 7. The Hall–Kier alpha value is -0.590. The molecule has 1 N–H and O–H groups in total.